The lowest BCUT2D eigenvalue weighted by molar-refractivity contribution is 1.06. The lowest BCUT2D eigenvalue weighted by atomic mass is 9.96. The zero-order chi connectivity index (χ0) is 38.6. The van der Waals surface area contributed by atoms with E-state index < -0.39 is 0 Å². The average Bonchev–Trinajstić information content (AvgIpc) is 3.85. The van der Waals surface area contributed by atoms with E-state index in [4.69, 9.17) is 15.0 Å². The normalized spacial score (nSPS) is 11.4. The molecular weight excluding hydrogens is 727 g/mol. The Hall–Kier alpha value is -7.72. The first kappa shape index (κ1) is 33.6. The standard InChI is InChI=1S/C52H31N5S/c53-32-37-27-26-36(30-44(37)42-22-13-21-41-40-20-9-12-25-48(40)58-49(41)42)51-54-50(34-16-5-2-6-17-34)55-52(56-51)43-29-28-35(33-14-3-1-4-15-33)31-47(43)57-45-23-10-7-18-38(45)39-19-8-11-24-46(39)57/h1-31H. The van der Waals surface area contributed by atoms with E-state index >= 15 is 0 Å². The smallest absolute Gasteiger partial charge is 0.166 e. The van der Waals surface area contributed by atoms with E-state index in [0.717, 1.165) is 60.4 Å². The van der Waals surface area contributed by atoms with Gasteiger partial charge in [0.2, 0.25) is 0 Å². The van der Waals surface area contributed by atoms with Crippen molar-refractivity contribution in [2.45, 2.75) is 0 Å². The molecule has 0 amide bonds. The molecule has 0 saturated heterocycles. The summed E-state index contributed by atoms with van der Waals surface area (Å²) in [6, 6.07) is 67.4. The van der Waals surface area contributed by atoms with Gasteiger partial charge in [-0.1, -0.05) is 140 Å². The van der Waals surface area contributed by atoms with Crippen LogP contribution in [-0.4, -0.2) is 19.5 Å². The molecule has 6 heteroatoms. The molecule has 0 spiro atoms. The fourth-order valence-electron chi connectivity index (χ4n) is 8.20. The Labute approximate surface area is 338 Å². The maximum Gasteiger partial charge on any atom is 0.166 e. The van der Waals surface area contributed by atoms with Gasteiger partial charge >= 0.3 is 0 Å². The maximum atomic E-state index is 10.4. The maximum absolute atomic E-state index is 10.4. The van der Waals surface area contributed by atoms with Crippen molar-refractivity contribution in [3.05, 3.63) is 194 Å². The Morgan fingerprint density at radius 1 is 0.414 bits per heavy atom. The lowest BCUT2D eigenvalue weighted by Gasteiger charge is -2.16. The predicted octanol–water partition coefficient (Wildman–Crippen LogP) is 13.5. The number of nitrogens with zero attached hydrogens (tertiary/aromatic N) is 5. The van der Waals surface area contributed by atoms with Crippen molar-refractivity contribution in [3.63, 3.8) is 0 Å². The Bertz CT molecular complexity index is 3360. The van der Waals surface area contributed by atoms with Gasteiger partial charge in [0.25, 0.3) is 0 Å². The molecule has 270 valence electrons. The molecule has 0 bridgehead atoms. The molecule has 3 aromatic heterocycles. The van der Waals surface area contributed by atoms with E-state index in [0.29, 0.717) is 23.0 Å². The third kappa shape index (κ3) is 5.56. The van der Waals surface area contributed by atoms with Gasteiger partial charge in [0.05, 0.1) is 28.4 Å². The summed E-state index contributed by atoms with van der Waals surface area (Å²) in [5, 5.41) is 15.2. The minimum atomic E-state index is 0.526. The van der Waals surface area contributed by atoms with Crippen LogP contribution in [0.15, 0.2) is 188 Å². The van der Waals surface area contributed by atoms with Crippen LogP contribution in [0, 0.1) is 11.3 Å². The molecule has 0 radical (unpaired) electrons. The molecule has 0 N–H and O–H groups in total. The van der Waals surface area contributed by atoms with Crippen molar-refractivity contribution in [3.8, 4) is 68.2 Å². The summed E-state index contributed by atoms with van der Waals surface area (Å²) in [6.45, 7) is 0. The van der Waals surface area contributed by atoms with E-state index in [1.807, 2.05) is 48.5 Å². The summed E-state index contributed by atoms with van der Waals surface area (Å²) in [5.41, 5.74) is 10.4. The highest BCUT2D eigenvalue weighted by molar-refractivity contribution is 7.26. The molecule has 5 nitrogen and oxygen atoms in total. The summed E-state index contributed by atoms with van der Waals surface area (Å²) in [5.74, 6) is 1.65. The molecule has 0 aliphatic heterocycles. The minimum absolute atomic E-state index is 0.526. The molecule has 58 heavy (non-hydrogen) atoms. The van der Waals surface area contributed by atoms with E-state index in [2.05, 4.69) is 150 Å². The van der Waals surface area contributed by atoms with Crippen LogP contribution in [0.3, 0.4) is 0 Å². The molecule has 11 aromatic rings. The third-order valence-electron chi connectivity index (χ3n) is 10.9. The Morgan fingerprint density at radius 3 is 1.72 bits per heavy atom. The van der Waals surface area contributed by atoms with Crippen molar-refractivity contribution in [2.24, 2.45) is 0 Å². The van der Waals surface area contributed by atoms with Gasteiger partial charge in [-0.3, -0.25) is 0 Å². The van der Waals surface area contributed by atoms with Gasteiger partial charge in [0.15, 0.2) is 17.5 Å². The van der Waals surface area contributed by atoms with Crippen LogP contribution in [0.2, 0.25) is 0 Å². The van der Waals surface area contributed by atoms with Crippen molar-refractivity contribution in [1.82, 2.24) is 19.5 Å². The van der Waals surface area contributed by atoms with Crippen LogP contribution >= 0.6 is 11.3 Å². The van der Waals surface area contributed by atoms with Crippen molar-refractivity contribution in [1.29, 1.82) is 5.26 Å². The van der Waals surface area contributed by atoms with Crippen LogP contribution in [0.5, 0.6) is 0 Å². The first-order valence-corrected chi connectivity index (χ1v) is 20.0. The molecule has 8 aromatic carbocycles. The van der Waals surface area contributed by atoms with Crippen LogP contribution in [0.4, 0.5) is 0 Å². The number of aromatic nitrogens is 4. The van der Waals surface area contributed by atoms with Gasteiger partial charge in [-0.25, -0.2) is 15.0 Å². The van der Waals surface area contributed by atoms with Gasteiger partial charge in [-0.2, -0.15) is 5.26 Å². The molecule has 0 fully saturated rings. The van der Waals surface area contributed by atoms with Gasteiger partial charge in [-0.05, 0) is 59.7 Å². The summed E-state index contributed by atoms with van der Waals surface area (Å²) in [6.07, 6.45) is 0. The van der Waals surface area contributed by atoms with Crippen molar-refractivity contribution in [2.75, 3.05) is 0 Å². The van der Waals surface area contributed by atoms with Gasteiger partial charge < -0.3 is 4.57 Å². The lowest BCUT2D eigenvalue weighted by Crippen LogP contribution is -2.04. The second-order valence-electron chi connectivity index (χ2n) is 14.3. The highest BCUT2D eigenvalue weighted by Gasteiger charge is 2.21. The van der Waals surface area contributed by atoms with Crippen molar-refractivity contribution >= 4 is 53.3 Å². The molecule has 0 aliphatic carbocycles. The van der Waals surface area contributed by atoms with Gasteiger partial charge in [0, 0.05) is 58.8 Å². The van der Waals surface area contributed by atoms with Crippen LogP contribution < -0.4 is 0 Å². The first-order chi connectivity index (χ1) is 28.7. The summed E-state index contributed by atoms with van der Waals surface area (Å²) in [4.78, 5) is 15.7. The monoisotopic (exact) mass is 757 g/mol. The zero-order valence-electron chi connectivity index (χ0n) is 31.0. The number of hydrogen-bond donors (Lipinski definition) is 0. The van der Waals surface area contributed by atoms with Gasteiger partial charge in [0.1, 0.15) is 0 Å². The predicted molar refractivity (Wildman–Crippen MR) is 239 cm³/mol. The molecule has 0 saturated carbocycles. The fourth-order valence-corrected chi connectivity index (χ4v) is 9.43. The number of fused-ring (bicyclic) bond motifs is 6. The van der Waals surface area contributed by atoms with Gasteiger partial charge in [-0.15, -0.1) is 11.3 Å². The summed E-state index contributed by atoms with van der Waals surface area (Å²) < 4.78 is 4.70. The van der Waals surface area contributed by atoms with E-state index in [1.165, 1.54) is 26.2 Å². The number of rotatable bonds is 6. The molecule has 3 heterocycles. The van der Waals surface area contributed by atoms with E-state index in [1.54, 1.807) is 11.3 Å². The van der Waals surface area contributed by atoms with Crippen LogP contribution in [0.25, 0.3) is 104 Å². The summed E-state index contributed by atoms with van der Waals surface area (Å²) in [7, 11) is 0. The van der Waals surface area contributed by atoms with Crippen molar-refractivity contribution < 1.29 is 0 Å². The Kier molecular flexibility index (Phi) is 7.99. The highest BCUT2D eigenvalue weighted by Crippen LogP contribution is 2.42. The summed E-state index contributed by atoms with van der Waals surface area (Å²) >= 11 is 1.75. The van der Waals surface area contributed by atoms with E-state index in [9.17, 15) is 5.26 Å². The van der Waals surface area contributed by atoms with Crippen LogP contribution in [0.1, 0.15) is 5.56 Å². The Balaban J connectivity index is 1.17. The molecular formula is C52H31N5S. The quantitative estimate of drug-likeness (QED) is 0.169. The molecule has 0 atom stereocenters. The second kappa shape index (κ2) is 13.8. The Morgan fingerprint density at radius 2 is 1.00 bits per heavy atom. The first-order valence-electron chi connectivity index (χ1n) is 19.2. The van der Waals surface area contributed by atoms with E-state index in [-0.39, 0.29) is 0 Å². The molecule has 0 unspecified atom stereocenters. The highest BCUT2D eigenvalue weighted by atomic mass is 32.1. The molecule has 11 rings (SSSR count). The SMILES string of the molecule is N#Cc1ccc(-c2nc(-c3ccccc3)nc(-c3ccc(-c4ccccc4)cc3-n3c4ccccc4c4ccccc43)n2)cc1-c1cccc2c1sc1ccccc12. The zero-order valence-corrected chi connectivity index (χ0v) is 31.9. The number of benzene rings is 8. The largest absolute Gasteiger partial charge is 0.308 e. The second-order valence-corrected chi connectivity index (χ2v) is 15.3. The fraction of sp³-hybridized carbons (Fsp3) is 0. The number of nitriles is 1. The van der Waals surface area contributed by atoms with Crippen LogP contribution in [-0.2, 0) is 0 Å². The topological polar surface area (TPSA) is 67.4 Å². The number of thiophene rings is 1. The third-order valence-corrected chi connectivity index (χ3v) is 12.1. The number of hydrogen-bond acceptors (Lipinski definition) is 5. The number of para-hydroxylation sites is 2. The molecule has 0 aliphatic rings. The average molecular weight is 758 g/mol. The minimum Gasteiger partial charge on any atom is -0.308 e.